The second-order valence-corrected chi connectivity index (χ2v) is 2.27. The molecule has 0 aromatic rings. The highest BCUT2D eigenvalue weighted by molar-refractivity contribution is 9.11. The van der Waals surface area contributed by atoms with E-state index in [2.05, 4.69) is 15.9 Å². The van der Waals surface area contributed by atoms with Crippen LogP contribution in [0.2, 0.25) is 0 Å². The third kappa shape index (κ3) is 2.83. The molecular weight excluding hydrogens is 156 g/mol. The molecule has 1 nitrogen and oxygen atoms in total. The van der Waals surface area contributed by atoms with E-state index in [1.165, 1.54) is 0 Å². The lowest BCUT2D eigenvalue weighted by atomic mass is 10.4. The van der Waals surface area contributed by atoms with Crippen molar-refractivity contribution in [1.82, 2.24) is 0 Å². The van der Waals surface area contributed by atoms with Crippen LogP contribution in [0.1, 0.15) is 13.8 Å². The topological polar surface area (TPSA) is 20.2 Å². The van der Waals surface area contributed by atoms with E-state index >= 15 is 0 Å². The molecule has 0 radical (unpaired) electrons. The Hall–Kier alpha value is 0.180. The number of aliphatic hydroxyl groups excluding tert-OH is 1. The fourth-order valence-corrected chi connectivity index (χ4v) is 0.241. The number of rotatable bonds is 1. The van der Waals surface area contributed by atoms with Crippen LogP contribution in [-0.4, -0.2) is 11.2 Å². The van der Waals surface area contributed by atoms with E-state index in [9.17, 15) is 0 Å². The van der Waals surface area contributed by atoms with Crippen molar-refractivity contribution >= 4 is 15.9 Å². The Morgan fingerprint density at radius 1 is 1.86 bits per heavy atom. The van der Waals surface area contributed by atoms with Gasteiger partial charge in [-0.15, -0.1) is 0 Å². The van der Waals surface area contributed by atoms with Crippen LogP contribution in [0.3, 0.4) is 0 Å². The van der Waals surface area contributed by atoms with Gasteiger partial charge in [-0.25, -0.2) is 0 Å². The second-order valence-electron chi connectivity index (χ2n) is 1.35. The van der Waals surface area contributed by atoms with Gasteiger partial charge >= 0.3 is 0 Å². The van der Waals surface area contributed by atoms with Crippen molar-refractivity contribution < 1.29 is 5.11 Å². The van der Waals surface area contributed by atoms with Gasteiger partial charge in [0.15, 0.2) is 0 Å². The molecule has 42 valence electrons. The van der Waals surface area contributed by atoms with E-state index in [0.29, 0.717) is 0 Å². The van der Waals surface area contributed by atoms with Gasteiger partial charge in [0.1, 0.15) is 0 Å². The van der Waals surface area contributed by atoms with E-state index in [1.807, 2.05) is 13.0 Å². The molecule has 0 aliphatic rings. The van der Waals surface area contributed by atoms with Gasteiger partial charge in [-0.2, -0.15) is 0 Å². The fraction of sp³-hybridized carbons (Fsp3) is 0.600. The Morgan fingerprint density at radius 3 is 2.29 bits per heavy atom. The standard InChI is InChI=1S/C5H9BrO/c1-3-5(6)4(2)7/h3-4,7H,1-2H3/b5-3+/t4-/m0/s1. The van der Waals surface area contributed by atoms with Gasteiger partial charge in [0.05, 0.1) is 6.10 Å². The van der Waals surface area contributed by atoms with Crippen LogP contribution in [0, 0.1) is 0 Å². The zero-order chi connectivity index (χ0) is 5.86. The van der Waals surface area contributed by atoms with Crippen molar-refractivity contribution in [3.8, 4) is 0 Å². The van der Waals surface area contributed by atoms with Crippen molar-refractivity contribution in [2.75, 3.05) is 0 Å². The van der Waals surface area contributed by atoms with E-state index in [0.717, 1.165) is 4.48 Å². The molecular formula is C5H9BrO. The van der Waals surface area contributed by atoms with E-state index in [4.69, 9.17) is 5.11 Å². The maximum absolute atomic E-state index is 8.71. The fourth-order valence-electron chi connectivity index (χ4n) is 0.241. The molecule has 0 fully saturated rings. The number of allylic oxidation sites excluding steroid dienone is 1. The predicted molar refractivity (Wildman–Crippen MR) is 34.4 cm³/mol. The number of halogens is 1. The highest BCUT2D eigenvalue weighted by Gasteiger charge is 1.94. The lowest BCUT2D eigenvalue weighted by Crippen LogP contribution is -1.96. The molecule has 0 aliphatic carbocycles. The quantitative estimate of drug-likeness (QED) is 0.626. The van der Waals surface area contributed by atoms with Gasteiger partial charge < -0.3 is 5.11 Å². The lowest BCUT2D eigenvalue weighted by Gasteiger charge is -1.97. The average molecular weight is 165 g/mol. The van der Waals surface area contributed by atoms with Crippen molar-refractivity contribution in [3.63, 3.8) is 0 Å². The number of hydrogen-bond donors (Lipinski definition) is 1. The molecule has 1 N–H and O–H groups in total. The first-order chi connectivity index (χ1) is 3.18. The monoisotopic (exact) mass is 164 g/mol. The summed E-state index contributed by atoms with van der Waals surface area (Å²) in [6.07, 6.45) is 1.47. The molecule has 0 heterocycles. The molecule has 0 rings (SSSR count). The molecule has 0 aliphatic heterocycles. The van der Waals surface area contributed by atoms with Crippen LogP contribution in [-0.2, 0) is 0 Å². The Kier molecular flexibility index (Phi) is 3.30. The van der Waals surface area contributed by atoms with Gasteiger partial charge in [0, 0.05) is 4.48 Å². The van der Waals surface area contributed by atoms with Gasteiger partial charge in [0.2, 0.25) is 0 Å². The van der Waals surface area contributed by atoms with Gasteiger partial charge in [-0.3, -0.25) is 0 Å². The number of aliphatic hydroxyl groups is 1. The summed E-state index contributed by atoms with van der Waals surface area (Å²) in [4.78, 5) is 0. The first-order valence-corrected chi connectivity index (χ1v) is 2.97. The Balaban J connectivity index is 3.56. The molecule has 0 bridgehead atoms. The average Bonchev–Trinajstić information content (AvgIpc) is 1.65. The lowest BCUT2D eigenvalue weighted by molar-refractivity contribution is 0.241. The minimum atomic E-state index is -0.356. The maximum atomic E-state index is 8.71. The third-order valence-electron chi connectivity index (χ3n) is 0.675. The molecule has 1 atom stereocenters. The minimum Gasteiger partial charge on any atom is -0.388 e. The molecule has 0 aromatic heterocycles. The van der Waals surface area contributed by atoms with Gasteiger partial charge in [-0.05, 0) is 13.8 Å². The molecule has 0 saturated carbocycles. The molecule has 2 heteroatoms. The summed E-state index contributed by atoms with van der Waals surface area (Å²) in [5.41, 5.74) is 0. The van der Waals surface area contributed by atoms with Crippen molar-refractivity contribution in [2.24, 2.45) is 0 Å². The van der Waals surface area contributed by atoms with Crippen molar-refractivity contribution in [3.05, 3.63) is 10.6 Å². The molecule has 0 amide bonds. The highest BCUT2D eigenvalue weighted by Crippen LogP contribution is 2.08. The Morgan fingerprint density at radius 2 is 2.29 bits per heavy atom. The largest absolute Gasteiger partial charge is 0.388 e. The van der Waals surface area contributed by atoms with E-state index in [-0.39, 0.29) is 6.10 Å². The SMILES string of the molecule is C/C=C(/Br)[C@H](C)O. The summed E-state index contributed by atoms with van der Waals surface area (Å²) < 4.78 is 0.840. The Labute approximate surface area is 52.2 Å². The zero-order valence-electron chi connectivity index (χ0n) is 4.48. The van der Waals surface area contributed by atoms with E-state index < -0.39 is 0 Å². The maximum Gasteiger partial charge on any atom is 0.0823 e. The molecule has 7 heavy (non-hydrogen) atoms. The van der Waals surface area contributed by atoms with Gasteiger partial charge in [-0.1, -0.05) is 22.0 Å². The molecule has 0 unspecified atom stereocenters. The van der Waals surface area contributed by atoms with Crippen LogP contribution in [0.15, 0.2) is 10.6 Å². The molecule has 0 spiro atoms. The van der Waals surface area contributed by atoms with Crippen LogP contribution in [0.25, 0.3) is 0 Å². The summed E-state index contributed by atoms with van der Waals surface area (Å²) in [7, 11) is 0. The summed E-state index contributed by atoms with van der Waals surface area (Å²) >= 11 is 3.15. The van der Waals surface area contributed by atoms with E-state index in [1.54, 1.807) is 6.92 Å². The first kappa shape index (κ1) is 7.18. The Bertz CT molecular complexity index is 76.1. The highest BCUT2D eigenvalue weighted by atomic mass is 79.9. The summed E-state index contributed by atoms with van der Waals surface area (Å²) in [5.74, 6) is 0. The van der Waals surface area contributed by atoms with Crippen molar-refractivity contribution in [2.45, 2.75) is 20.0 Å². The normalized spacial score (nSPS) is 16.9. The van der Waals surface area contributed by atoms with Gasteiger partial charge in [0.25, 0.3) is 0 Å². The summed E-state index contributed by atoms with van der Waals surface area (Å²) in [6, 6.07) is 0. The molecule has 0 saturated heterocycles. The minimum absolute atomic E-state index is 0.356. The molecule has 0 aromatic carbocycles. The number of hydrogen-bond acceptors (Lipinski definition) is 1. The van der Waals surface area contributed by atoms with Crippen molar-refractivity contribution in [1.29, 1.82) is 0 Å². The van der Waals surface area contributed by atoms with Crippen LogP contribution in [0.5, 0.6) is 0 Å². The second kappa shape index (κ2) is 3.22. The first-order valence-electron chi connectivity index (χ1n) is 2.18. The smallest absolute Gasteiger partial charge is 0.0823 e. The third-order valence-corrected chi connectivity index (χ3v) is 1.80. The van der Waals surface area contributed by atoms with Crippen LogP contribution in [0.4, 0.5) is 0 Å². The van der Waals surface area contributed by atoms with Crippen LogP contribution >= 0.6 is 15.9 Å². The summed E-state index contributed by atoms with van der Waals surface area (Å²) in [5, 5.41) is 8.71. The zero-order valence-corrected chi connectivity index (χ0v) is 6.07. The predicted octanol–water partition coefficient (Wildman–Crippen LogP) is 1.67. The summed E-state index contributed by atoms with van der Waals surface area (Å²) in [6.45, 7) is 3.58. The van der Waals surface area contributed by atoms with Crippen LogP contribution < -0.4 is 0 Å².